The fraction of sp³-hybridized carbons (Fsp3) is 0.286. The van der Waals surface area contributed by atoms with E-state index in [9.17, 15) is 13.6 Å². The Morgan fingerprint density at radius 3 is 2.69 bits per heavy atom. The number of aromatic amines is 1. The van der Waals surface area contributed by atoms with Crippen LogP contribution in [0.4, 0.5) is 8.78 Å². The Kier molecular flexibility index (Phi) is 2.87. The number of nitrogens with one attached hydrogen (secondary N) is 1. The van der Waals surface area contributed by atoms with Crippen molar-refractivity contribution in [1.82, 2.24) is 4.98 Å². The SMILES string of the molecule is COc1[nH]c(=O)c(C(F)F)cc1Cl. The van der Waals surface area contributed by atoms with Crippen LogP contribution >= 0.6 is 11.6 Å². The number of hydrogen-bond acceptors (Lipinski definition) is 2. The predicted molar refractivity (Wildman–Crippen MR) is 43.6 cm³/mol. The Morgan fingerprint density at radius 2 is 2.23 bits per heavy atom. The first kappa shape index (κ1) is 9.98. The van der Waals surface area contributed by atoms with Crippen LogP contribution < -0.4 is 10.3 Å². The summed E-state index contributed by atoms with van der Waals surface area (Å²) < 4.78 is 28.9. The van der Waals surface area contributed by atoms with Gasteiger partial charge in [-0.3, -0.25) is 9.78 Å². The maximum absolute atomic E-state index is 12.1. The molecule has 0 atom stereocenters. The van der Waals surface area contributed by atoms with Crippen molar-refractivity contribution in [3.05, 3.63) is 27.0 Å². The highest BCUT2D eigenvalue weighted by atomic mass is 35.5. The molecule has 6 heteroatoms. The molecule has 1 aromatic rings. The first-order valence-corrected chi connectivity index (χ1v) is 3.69. The van der Waals surface area contributed by atoms with Crippen molar-refractivity contribution in [3.63, 3.8) is 0 Å². The van der Waals surface area contributed by atoms with Gasteiger partial charge in [-0.1, -0.05) is 11.6 Å². The summed E-state index contributed by atoms with van der Waals surface area (Å²) in [7, 11) is 1.28. The predicted octanol–water partition coefficient (Wildman–Crippen LogP) is 1.97. The number of aromatic nitrogens is 1. The molecule has 0 aliphatic heterocycles. The third kappa shape index (κ3) is 1.98. The number of ether oxygens (including phenoxy) is 1. The van der Waals surface area contributed by atoms with Gasteiger partial charge in [0.2, 0.25) is 5.88 Å². The summed E-state index contributed by atoms with van der Waals surface area (Å²) >= 11 is 5.52. The van der Waals surface area contributed by atoms with E-state index in [1.165, 1.54) is 7.11 Å². The summed E-state index contributed by atoms with van der Waals surface area (Å²) in [4.78, 5) is 13.0. The van der Waals surface area contributed by atoms with Crippen LogP contribution in [0.2, 0.25) is 5.02 Å². The molecule has 0 fully saturated rings. The molecule has 0 saturated carbocycles. The van der Waals surface area contributed by atoms with Gasteiger partial charge in [0.15, 0.2) is 0 Å². The zero-order chi connectivity index (χ0) is 10.0. The Bertz CT molecular complexity index is 364. The van der Waals surface area contributed by atoms with Crippen LogP contribution in [0.1, 0.15) is 12.0 Å². The standard InChI is InChI=1S/C7H6ClF2NO2/c1-13-7-4(8)2-3(5(9)10)6(12)11-7/h2,5H,1H3,(H,11,12). The molecule has 0 bridgehead atoms. The van der Waals surface area contributed by atoms with E-state index in [1.54, 1.807) is 0 Å². The van der Waals surface area contributed by atoms with Crippen LogP contribution in [0.25, 0.3) is 0 Å². The van der Waals surface area contributed by atoms with Gasteiger partial charge >= 0.3 is 0 Å². The molecule has 0 unspecified atom stereocenters. The Labute approximate surface area is 77.3 Å². The second-order valence-corrected chi connectivity index (χ2v) is 2.64. The van der Waals surface area contributed by atoms with Crippen LogP contribution in [-0.4, -0.2) is 12.1 Å². The fourth-order valence-electron chi connectivity index (χ4n) is 0.813. The molecular formula is C7H6ClF2NO2. The van der Waals surface area contributed by atoms with Crippen molar-refractivity contribution >= 4 is 11.6 Å². The van der Waals surface area contributed by atoms with Crippen molar-refractivity contribution in [1.29, 1.82) is 0 Å². The molecule has 1 rings (SSSR count). The zero-order valence-corrected chi connectivity index (χ0v) is 7.36. The average molecular weight is 210 g/mol. The fourth-order valence-corrected chi connectivity index (χ4v) is 1.06. The Morgan fingerprint density at radius 1 is 1.62 bits per heavy atom. The van der Waals surface area contributed by atoms with Gasteiger partial charge in [0.25, 0.3) is 12.0 Å². The van der Waals surface area contributed by atoms with Crippen LogP contribution in [0, 0.1) is 0 Å². The second-order valence-electron chi connectivity index (χ2n) is 2.24. The lowest BCUT2D eigenvalue weighted by Gasteiger charge is -2.04. The van der Waals surface area contributed by atoms with E-state index in [4.69, 9.17) is 11.6 Å². The lowest BCUT2D eigenvalue weighted by molar-refractivity contribution is 0.149. The van der Waals surface area contributed by atoms with Gasteiger partial charge in [0.1, 0.15) is 5.02 Å². The molecule has 3 nitrogen and oxygen atoms in total. The van der Waals surface area contributed by atoms with Crippen molar-refractivity contribution in [2.75, 3.05) is 7.11 Å². The highest BCUT2D eigenvalue weighted by Crippen LogP contribution is 2.24. The molecule has 0 aromatic carbocycles. The van der Waals surface area contributed by atoms with Gasteiger partial charge in [-0.15, -0.1) is 0 Å². The lowest BCUT2D eigenvalue weighted by Crippen LogP contribution is -2.13. The summed E-state index contributed by atoms with van der Waals surface area (Å²) in [5.41, 5.74) is -1.55. The first-order chi connectivity index (χ1) is 6.06. The number of pyridine rings is 1. The van der Waals surface area contributed by atoms with Crippen LogP contribution in [0.5, 0.6) is 5.88 Å². The van der Waals surface area contributed by atoms with Gasteiger partial charge in [-0.05, 0) is 6.07 Å². The molecular weight excluding hydrogens is 204 g/mol. The molecule has 1 aromatic heterocycles. The topological polar surface area (TPSA) is 42.1 Å². The molecule has 0 saturated heterocycles. The van der Waals surface area contributed by atoms with Crippen LogP contribution in [0.3, 0.4) is 0 Å². The van der Waals surface area contributed by atoms with Crippen molar-refractivity contribution in [3.8, 4) is 5.88 Å². The maximum atomic E-state index is 12.1. The van der Waals surface area contributed by atoms with Crippen molar-refractivity contribution < 1.29 is 13.5 Å². The quantitative estimate of drug-likeness (QED) is 0.809. The third-order valence-corrected chi connectivity index (χ3v) is 1.71. The number of alkyl halides is 2. The zero-order valence-electron chi connectivity index (χ0n) is 6.61. The molecule has 1 N–H and O–H groups in total. The van der Waals surface area contributed by atoms with E-state index in [1.807, 2.05) is 0 Å². The third-order valence-electron chi connectivity index (χ3n) is 1.43. The van der Waals surface area contributed by atoms with Gasteiger partial charge in [0, 0.05) is 0 Å². The number of H-pyrrole nitrogens is 1. The average Bonchev–Trinajstić information content (AvgIpc) is 2.07. The summed E-state index contributed by atoms with van der Waals surface area (Å²) in [5, 5.41) is -0.0441. The van der Waals surface area contributed by atoms with Gasteiger partial charge in [-0.2, -0.15) is 0 Å². The molecule has 72 valence electrons. The molecule has 0 aliphatic rings. The summed E-state index contributed by atoms with van der Waals surface area (Å²) in [6, 6.07) is 0.893. The highest BCUT2D eigenvalue weighted by molar-refractivity contribution is 6.31. The Hall–Kier alpha value is -1.10. The minimum absolute atomic E-state index is 0.0175. The van der Waals surface area contributed by atoms with Gasteiger partial charge in [0.05, 0.1) is 12.7 Å². The van der Waals surface area contributed by atoms with Crippen molar-refractivity contribution in [2.45, 2.75) is 6.43 Å². The van der Waals surface area contributed by atoms with E-state index < -0.39 is 17.5 Å². The van der Waals surface area contributed by atoms with Crippen LogP contribution in [0.15, 0.2) is 10.9 Å². The largest absolute Gasteiger partial charge is 0.481 e. The van der Waals surface area contributed by atoms with Crippen LogP contribution in [-0.2, 0) is 0 Å². The minimum Gasteiger partial charge on any atom is -0.481 e. The number of methoxy groups -OCH3 is 1. The van der Waals surface area contributed by atoms with E-state index in [0.717, 1.165) is 6.07 Å². The number of halogens is 3. The second kappa shape index (κ2) is 3.74. The summed E-state index contributed by atoms with van der Waals surface area (Å²) in [6.45, 7) is 0. The molecule has 1 heterocycles. The monoisotopic (exact) mass is 209 g/mol. The minimum atomic E-state index is -2.84. The van der Waals surface area contributed by atoms with E-state index in [2.05, 4.69) is 9.72 Å². The van der Waals surface area contributed by atoms with E-state index in [0.29, 0.717) is 0 Å². The normalized spacial score (nSPS) is 10.5. The summed E-state index contributed by atoms with van der Waals surface area (Å²) in [6.07, 6.45) is -2.84. The summed E-state index contributed by atoms with van der Waals surface area (Å²) in [5.74, 6) is -0.0175. The van der Waals surface area contributed by atoms with Crippen molar-refractivity contribution in [2.24, 2.45) is 0 Å². The maximum Gasteiger partial charge on any atom is 0.269 e. The smallest absolute Gasteiger partial charge is 0.269 e. The van der Waals surface area contributed by atoms with Gasteiger partial charge < -0.3 is 4.74 Å². The highest BCUT2D eigenvalue weighted by Gasteiger charge is 2.15. The Balaban J connectivity index is 3.29. The molecule has 0 spiro atoms. The van der Waals surface area contributed by atoms with E-state index >= 15 is 0 Å². The molecule has 0 aliphatic carbocycles. The van der Waals surface area contributed by atoms with E-state index in [-0.39, 0.29) is 10.9 Å². The molecule has 0 radical (unpaired) electrons. The molecule has 13 heavy (non-hydrogen) atoms. The first-order valence-electron chi connectivity index (χ1n) is 3.31. The molecule has 0 amide bonds. The number of hydrogen-bond donors (Lipinski definition) is 1. The van der Waals surface area contributed by atoms with Gasteiger partial charge in [-0.25, -0.2) is 8.78 Å². The lowest BCUT2D eigenvalue weighted by atomic mass is 10.3. The number of rotatable bonds is 2.